The van der Waals surface area contributed by atoms with Crippen LogP contribution in [0.15, 0.2) is 12.4 Å². The van der Waals surface area contributed by atoms with Gasteiger partial charge in [0.15, 0.2) is 0 Å². The number of carboxylic acids is 1. The van der Waals surface area contributed by atoms with Crippen molar-refractivity contribution in [2.24, 2.45) is 7.05 Å². The molecule has 8 heteroatoms. The highest BCUT2D eigenvalue weighted by atomic mass is 16.5. The van der Waals surface area contributed by atoms with Gasteiger partial charge in [0.05, 0.1) is 19.3 Å². The van der Waals surface area contributed by atoms with E-state index < -0.39 is 5.97 Å². The molecule has 0 aliphatic rings. The molecule has 0 aromatic carbocycles. The van der Waals surface area contributed by atoms with Gasteiger partial charge >= 0.3 is 12.0 Å². The first kappa shape index (κ1) is 16.0. The molecule has 0 fully saturated rings. The maximum Gasteiger partial charge on any atom is 0.323 e. The summed E-state index contributed by atoms with van der Waals surface area (Å²) in [5, 5.41) is 12.9. The summed E-state index contributed by atoms with van der Waals surface area (Å²) in [5.74, 6) is -1.05. The lowest BCUT2D eigenvalue weighted by Gasteiger charge is -2.26. The summed E-state index contributed by atoms with van der Waals surface area (Å²) in [4.78, 5) is 25.7. The molecule has 0 radical (unpaired) electrons. The number of hydrogen-bond acceptors (Lipinski definition) is 4. The second kappa shape index (κ2) is 7.49. The van der Waals surface area contributed by atoms with Crippen molar-refractivity contribution in [1.82, 2.24) is 19.6 Å². The summed E-state index contributed by atoms with van der Waals surface area (Å²) in [6.45, 7) is 0.550. The maximum absolute atomic E-state index is 12.2. The number of aryl methyl sites for hydroxylation is 1. The molecule has 0 atom stereocenters. The Labute approximate surface area is 117 Å². The zero-order chi connectivity index (χ0) is 15.1. The number of carbonyl (C=O) groups excluding carboxylic acids is 1. The predicted molar refractivity (Wildman–Crippen MR) is 71.2 cm³/mol. The normalized spacial score (nSPS) is 10.3. The number of amides is 2. The number of methoxy groups -OCH3 is 1. The van der Waals surface area contributed by atoms with E-state index in [1.165, 1.54) is 16.9 Å². The number of nitrogens with zero attached hydrogens (tertiary/aromatic N) is 4. The third-order valence-corrected chi connectivity index (χ3v) is 2.67. The maximum atomic E-state index is 12.2. The summed E-state index contributed by atoms with van der Waals surface area (Å²) in [5.41, 5.74) is 0.880. The predicted octanol–water partition coefficient (Wildman–Crippen LogP) is 0.00490. The minimum Gasteiger partial charge on any atom is -0.480 e. The Morgan fingerprint density at radius 2 is 2.20 bits per heavy atom. The van der Waals surface area contributed by atoms with Crippen LogP contribution in [0.1, 0.15) is 5.56 Å². The summed E-state index contributed by atoms with van der Waals surface area (Å²) in [6, 6.07) is -0.353. The Morgan fingerprint density at radius 1 is 1.50 bits per heavy atom. The van der Waals surface area contributed by atoms with Gasteiger partial charge in [-0.2, -0.15) is 5.10 Å². The van der Waals surface area contributed by atoms with E-state index in [0.29, 0.717) is 13.2 Å². The van der Waals surface area contributed by atoms with Gasteiger partial charge < -0.3 is 19.6 Å². The molecular weight excluding hydrogens is 264 g/mol. The van der Waals surface area contributed by atoms with Crippen LogP contribution in [-0.4, -0.2) is 70.5 Å². The van der Waals surface area contributed by atoms with Gasteiger partial charge in [-0.1, -0.05) is 0 Å². The second-order valence-electron chi connectivity index (χ2n) is 4.47. The van der Waals surface area contributed by atoms with Crippen molar-refractivity contribution in [3.63, 3.8) is 0 Å². The Bertz CT molecular complexity index is 460. The van der Waals surface area contributed by atoms with E-state index in [-0.39, 0.29) is 19.1 Å². The van der Waals surface area contributed by atoms with Crippen molar-refractivity contribution < 1.29 is 19.4 Å². The van der Waals surface area contributed by atoms with Crippen molar-refractivity contribution in [3.8, 4) is 0 Å². The fourth-order valence-electron chi connectivity index (χ4n) is 1.74. The van der Waals surface area contributed by atoms with Gasteiger partial charge in [-0.3, -0.25) is 9.48 Å². The molecule has 8 nitrogen and oxygen atoms in total. The molecule has 1 aromatic heterocycles. The molecule has 0 saturated carbocycles. The molecule has 0 saturated heterocycles. The van der Waals surface area contributed by atoms with E-state index in [1.807, 2.05) is 0 Å². The van der Waals surface area contributed by atoms with Crippen LogP contribution in [-0.2, 0) is 23.1 Å². The largest absolute Gasteiger partial charge is 0.480 e. The number of ether oxygens (including phenoxy) is 1. The van der Waals surface area contributed by atoms with Crippen LogP contribution in [0.5, 0.6) is 0 Å². The second-order valence-corrected chi connectivity index (χ2v) is 4.47. The van der Waals surface area contributed by atoms with Crippen molar-refractivity contribution in [2.75, 3.05) is 33.9 Å². The molecule has 20 heavy (non-hydrogen) atoms. The third kappa shape index (κ3) is 4.88. The molecule has 1 rings (SSSR count). The number of aromatic nitrogens is 2. The standard InChI is InChI=1S/C12H20N4O4/c1-14(7-10-6-13-15(2)8-10)12(19)16(4-5-20-3)9-11(17)18/h6,8H,4-5,7,9H2,1-3H3,(H,17,18). The Hall–Kier alpha value is -2.09. The highest BCUT2D eigenvalue weighted by Gasteiger charge is 2.20. The molecule has 0 bridgehead atoms. The fraction of sp³-hybridized carbons (Fsp3) is 0.583. The number of carbonyl (C=O) groups is 2. The number of aliphatic carboxylic acids is 1. The van der Waals surface area contributed by atoms with Crippen molar-refractivity contribution in [2.45, 2.75) is 6.54 Å². The lowest BCUT2D eigenvalue weighted by Crippen LogP contribution is -2.44. The SMILES string of the molecule is COCCN(CC(=O)O)C(=O)N(C)Cc1cnn(C)c1. The Morgan fingerprint density at radius 3 is 2.70 bits per heavy atom. The minimum atomic E-state index is -1.05. The van der Waals surface area contributed by atoms with Crippen molar-refractivity contribution >= 4 is 12.0 Å². The summed E-state index contributed by atoms with van der Waals surface area (Å²) in [7, 11) is 4.92. The zero-order valence-electron chi connectivity index (χ0n) is 11.9. The van der Waals surface area contributed by atoms with Crippen LogP contribution in [0.3, 0.4) is 0 Å². The van der Waals surface area contributed by atoms with E-state index >= 15 is 0 Å². The van der Waals surface area contributed by atoms with Gasteiger partial charge in [0.1, 0.15) is 6.54 Å². The quantitative estimate of drug-likeness (QED) is 0.761. The molecule has 1 aromatic rings. The number of rotatable bonds is 7. The molecule has 112 valence electrons. The van der Waals surface area contributed by atoms with Crippen LogP contribution in [0.25, 0.3) is 0 Å². The van der Waals surface area contributed by atoms with Crippen molar-refractivity contribution in [3.05, 3.63) is 18.0 Å². The molecule has 0 aliphatic carbocycles. The molecule has 2 amide bonds. The summed E-state index contributed by atoms with van der Waals surface area (Å²) >= 11 is 0. The van der Waals surface area contributed by atoms with Gasteiger partial charge in [0.2, 0.25) is 0 Å². The molecule has 0 spiro atoms. The van der Waals surface area contributed by atoms with E-state index in [2.05, 4.69) is 5.10 Å². The summed E-state index contributed by atoms with van der Waals surface area (Å²) < 4.78 is 6.53. The highest BCUT2D eigenvalue weighted by molar-refractivity contribution is 5.80. The van der Waals surface area contributed by atoms with Gasteiger partial charge in [-0.15, -0.1) is 0 Å². The Balaban J connectivity index is 2.64. The van der Waals surface area contributed by atoms with Gasteiger partial charge in [0, 0.05) is 39.5 Å². The Kier molecular flexibility index (Phi) is 5.98. The van der Waals surface area contributed by atoms with E-state index in [0.717, 1.165) is 5.56 Å². The lowest BCUT2D eigenvalue weighted by atomic mass is 10.3. The fourth-order valence-corrected chi connectivity index (χ4v) is 1.74. The van der Waals surface area contributed by atoms with E-state index in [9.17, 15) is 9.59 Å². The third-order valence-electron chi connectivity index (χ3n) is 2.67. The van der Waals surface area contributed by atoms with Gasteiger partial charge in [0.25, 0.3) is 0 Å². The average molecular weight is 284 g/mol. The first-order valence-electron chi connectivity index (χ1n) is 6.12. The van der Waals surface area contributed by atoms with Gasteiger partial charge in [-0.25, -0.2) is 4.79 Å². The monoisotopic (exact) mass is 284 g/mol. The topological polar surface area (TPSA) is 87.9 Å². The van der Waals surface area contributed by atoms with E-state index in [1.54, 1.807) is 31.2 Å². The zero-order valence-corrected chi connectivity index (χ0v) is 11.9. The number of urea groups is 1. The van der Waals surface area contributed by atoms with Crippen LogP contribution >= 0.6 is 0 Å². The van der Waals surface area contributed by atoms with Crippen LogP contribution in [0.2, 0.25) is 0 Å². The molecule has 1 N–H and O–H groups in total. The van der Waals surface area contributed by atoms with Crippen molar-refractivity contribution in [1.29, 1.82) is 0 Å². The lowest BCUT2D eigenvalue weighted by molar-refractivity contribution is -0.137. The average Bonchev–Trinajstić information content (AvgIpc) is 2.78. The number of carboxylic acid groups (broad SMARTS) is 1. The minimum absolute atomic E-state index is 0.235. The first-order chi connectivity index (χ1) is 9.43. The smallest absolute Gasteiger partial charge is 0.323 e. The van der Waals surface area contributed by atoms with Crippen LogP contribution < -0.4 is 0 Å². The number of hydrogen-bond donors (Lipinski definition) is 1. The van der Waals surface area contributed by atoms with E-state index in [4.69, 9.17) is 9.84 Å². The molecular formula is C12H20N4O4. The molecule has 1 heterocycles. The molecule has 0 unspecified atom stereocenters. The first-order valence-corrected chi connectivity index (χ1v) is 6.12. The highest BCUT2D eigenvalue weighted by Crippen LogP contribution is 2.05. The van der Waals surface area contributed by atoms with Crippen LogP contribution in [0.4, 0.5) is 4.79 Å². The van der Waals surface area contributed by atoms with Gasteiger partial charge in [-0.05, 0) is 0 Å². The van der Waals surface area contributed by atoms with Crippen LogP contribution in [0, 0.1) is 0 Å². The summed E-state index contributed by atoms with van der Waals surface area (Å²) in [6.07, 6.45) is 3.47. The molecule has 0 aliphatic heterocycles.